The molecule has 304 valence electrons. The first-order valence-electron chi connectivity index (χ1n) is 21.0. The van der Waals surface area contributed by atoms with Crippen LogP contribution >= 0.6 is 0 Å². The van der Waals surface area contributed by atoms with Gasteiger partial charge in [0.05, 0.1) is 34.4 Å². The second-order valence-electron chi connectivity index (χ2n) is 15.3. The number of carbonyl (C=O) groups excluding carboxylic acids is 2. The Morgan fingerprint density at radius 2 is 1.04 bits per heavy atom. The molecule has 9 heteroatoms. The van der Waals surface area contributed by atoms with Crippen molar-refractivity contribution in [3.63, 3.8) is 0 Å². The average molecular weight is 739 g/mol. The Morgan fingerprint density at radius 3 is 1.56 bits per heavy atom. The van der Waals surface area contributed by atoms with Crippen molar-refractivity contribution >= 4 is 17.9 Å². The standard InChI is InChI=1S/C43H79NO8/c1-6-8-10-12-14-16-17-18-19-20-21-22-23-24-25-26-28-30-32-34-41(46)52-39(38-51-43(42(47)48)49-36-35-44(3,4)5)37-50-40(45)33-31-29-27-15-13-11-9-7-2/h14,16,18-19,39,43H,6-13,15,17,20-38H2,1-5H3/p+1/b16-14-,19-18-. The second kappa shape index (κ2) is 35.8. The first-order chi connectivity index (χ1) is 25.1. The van der Waals surface area contributed by atoms with Gasteiger partial charge in [-0.2, -0.15) is 0 Å². The van der Waals surface area contributed by atoms with Crippen LogP contribution in [0.15, 0.2) is 24.3 Å². The van der Waals surface area contributed by atoms with Crippen LogP contribution in [-0.2, 0) is 33.3 Å². The van der Waals surface area contributed by atoms with Gasteiger partial charge in [0.15, 0.2) is 6.10 Å². The van der Waals surface area contributed by atoms with E-state index in [4.69, 9.17) is 18.9 Å². The van der Waals surface area contributed by atoms with E-state index in [9.17, 15) is 19.5 Å². The van der Waals surface area contributed by atoms with Gasteiger partial charge >= 0.3 is 17.9 Å². The summed E-state index contributed by atoms with van der Waals surface area (Å²) in [6.07, 6.45) is 33.9. The minimum atomic E-state index is -1.50. The highest BCUT2D eigenvalue weighted by Crippen LogP contribution is 2.14. The summed E-state index contributed by atoms with van der Waals surface area (Å²) in [6.45, 7) is 4.80. The summed E-state index contributed by atoms with van der Waals surface area (Å²) in [5.41, 5.74) is 0. The highest BCUT2D eigenvalue weighted by molar-refractivity contribution is 5.71. The molecular formula is C43H80NO8+. The number of hydrogen-bond acceptors (Lipinski definition) is 7. The van der Waals surface area contributed by atoms with Gasteiger partial charge < -0.3 is 28.5 Å². The zero-order valence-corrected chi connectivity index (χ0v) is 34.2. The molecule has 0 heterocycles. The van der Waals surface area contributed by atoms with E-state index in [-0.39, 0.29) is 32.2 Å². The molecule has 0 aliphatic rings. The lowest BCUT2D eigenvalue weighted by molar-refractivity contribution is -0.870. The molecule has 0 radical (unpaired) electrons. The molecule has 0 spiro atoms. The molecule has 1 N–H and O–H groups in total. The lowest BCUT2D eigenvalue weighted by Crippen LogP contribution is -2.40. The van der Waals surface area contributed by atoms with E-state index >= 15 is 0 Å². The van der Waals surface area contributed by atoms with Crippen molar-refractivity contribution in [1.29, 1.82) is 0 Å². The van der Waals surface area contributed by atoms with Gasteiger partial charge in [0, 0.05) is 12.8 Å². The van der Waals surface area contributed by atoms with E-state index < -0.39 is 24.3 Å². The number of carboxylic acid groups (broad SMARTS) is 1. The van der Waals surface area contributed by atoms with Crippen LogP contribution in [0.4, 0.5) is 0 Å². The summed E-state index contributed by atoms with van der Waals surface area (Å²) in [4.78, 5) is 36.9. The summed E-state index contributed by atoms with van der Waals surface area (Å²) in [7, 11) is 5.94. The molecule has 0 aliphatic heterocycles. The minimum Gasteiger partial charge on any atom is -0.477 e. The predicted molar refractivity (Wildman–Crippen MR) is 212 cm³/mol. The van der Waals surface area contributed by atoms with Crippen molar-refractivity contribution in [2.45, 2.75) is 187 Å². The normalized spacial score (nSPS) is 13.2. The molecular weight excluding hydrogens is 658 g/mol. The van der Waals surface area contributed by atoms with Crippen LogP contribution in [0, 0.1) is 0 Å². The molecule has 2 unspecified atom stereocenters. The van der Waals surface area contributed by atoms with Gasteiger partial charge in [-0.15, -0.1) is 0 Å². The van der Waals surface area contributed by atoms with E-state index in [0.29, 0.717) is 17.4 Å². The quantitative estimate of drug-likeness (QED) is 0.0219. The third kappa shape index (κ3) is 36.1. The number of unbranched alkanes of at least 4 members (excludes halogenated alkanes) is 19. The maximum atomic E-state index is 12.7. The van der Waals surface area contributed by atoms with Crippen LogP contribution in [0.1, 0.15) is 174 Å². The van der Waals surface area contributed by atoms with Gasteiger partial charge in [-0.05, 0) is 44.9 Å². The number of allylic oxidation sites excluding steroid dienone is 4. The Bertz CT molecular complexity index is 913. The maximum Gasteiger partial charge on any atom is 0.361 e. The largest absolute Gasteiger partial charge is 0.477 e. The van der Waals surface area contributed by atoms with Crippen molar-refractivity contribution in [3.05, 3.63) is 24.3 Å². The molecule has 0 aromatic rings. The van der Waals surface area contributed by atoms with E-state index in [0.717, 1.165) is 51.4 Å². The van der Waals surface area contributed by atoms with Crippen LogP contribution in [0.25, 0.3) is 0 Å². The molecule has 0 aliphatic carbocycles. The molecule has 0 aromatic heterocycles. The van der Waals surface area contributed by atoms with Gasteiger partial charge in [0.25, 0.3) is 6.29 Å². The summed E-state index contributed by atoms with van der Waals surface area (Å²) >= 11 is 0. The molecule has 2 atom stereocenters. The summed E-state index contributed by atoms with van der Waals surface area (Å²) in [5, 5.41) is 9.59. The number of esters is 2. The number of nitrogens with zero attached hydrogens (tertiary/aromatic N) is 1. The van der Waals surface area contributed by atoms with Gasteiger partial charge in [-0.3, -0.25) is 9.59 Å². The number of carbonyl (C=O) groups is 3. The van der Waals surface area contributed by atoms with Crippen molar-refractivity contribution in [2.24, 2.45) is 0 Å². The van der Waals surface area contributed by atoms with Crippen molar-refractivity contribution in [2.75, 3.05) is 47.5 Å². The molecule has 0 bridgehead atoms. The van der Waals surface area contributed by atoms with Gasteiger partial charge in [-0.1, -0.05) is 141 Å². The van der Waals surface area contributed by atoms with Gasteiger partial charge in [0.2, 0.25) is 0 Å². The lowest BCUT2D eigenvalue weighted by atomic mass is 10.1. The Kier molecular flexibility index (Phi) is 34.2. The molecule has 0 rings (SSSR count). The maximum absolute atomic E-state index is 12.7. The number of hydrogen-bond donors (Lipinski definition) is 1. The van der Waals surface area contributed by atoms with Crippen LogP contribution in [0.5, 0.6) is 0 Å². The van der Waals surface area contributed by atoms with Crippen molar-refractivity contribution in [3.8, 4) is 0 Å². The Balaban J connectivity index is 4.38. The zero-order valence-electron chi connectivity index (χ0n) is 34.2. The highest BCUT2D eigenvalue weighted by Gasteiger charge is 2.25. The highest BCUT2D eigenvalue weighted by atomic mass is 16.7. The predicted octanol–water partition coefficient (Wildman–Crippen LogP) is 10.5. The SMILES string of the molecule is CCCCC/C=C\C/C=C\CCCCCCCCCCCC(=O)OC(COC(=O)CCCCCCCCCC)COC(OCC[N+](C)(C)C)C(=O)O. The molecule has 0 fully saturated rings. The number of likely N-dealkylation sites (N-methyl/N-ethyl adjacent to an activating group) is 1. The van der Waals surface area contributed by atoms with Crippen molar-refractivity contribution in [1.82, 2.24) is 0 Å². The van der Waals surface area contributed by atoms with E-state index in [1.807, 2.05) is 21.1 Å². The number of aliphatic carboxylic acids is 1. The smallest absolute Gasteiger partial charge is 0.361 e. The van der Waals surface area contributed by atoms with Crippen LogP contribution in [0.3, 0.4) is 0 Å². The zero-order chi connectivity index (χ0) is 38.5. The summed E-state index contributed by atoms with van der Waals surface area (Å²) in [5.74, 6) is -2.01. The topological polar surface area (TPSA) is 108 Å². The third-order valence-electron chi connectivity index (χ3n) is 8.96. The number of ether oxygens (including phenoxy) is 4. The molecule has 0 amide bonds. The minimum absolute atomic E-state index is 0.181. The van der Waals surface area contributed by atoms with Crippen LogP contribution in [-0.4, -0.2) is 87.4 Å². The molecule has 0 saturated heterocycles. The van der Waals surface area contributed by atoms with Gasteiger partial charge in [0.1, 0.15) is 13.2 Å². The lowest BCUT2D eigenvalue weighted by Gasteiger charge is -2.25. The molecule has 52 heavy (non-hydrogen) atoms. The third-order valence-corrected chi connectivity index (χ3v) is 8.96. The fourth-order valence-electron chi connectivity index (χ4n) is 5.63. The number of carboxylic acids is 1. The fraction of sp³-hybridized carbons (Fsp3) is 0.837. The molecule has 0 saturated carbocycles. The van der Waals surface area contributed by atoms with Crippen molar-refractivity contribution < 1.29 is 42.9 Å². The first-order valence-corrected chi connectivity index (χ1v) is 21.0. The van der Waals surface area contributed by atoms with E-state index in [1.165, 1.54) is 96.3 Å². The summed E-state index contributed by atoms with van der Waals surface area (Å²) in [6, 6.07) is 0. The van der Waals surface area contributed by atoms with Crippen LogP contribution in [0.2, 0.25) is 0 Å². The van der Waals surface area contributed by atoms with Crippen LogP contribution < -0.4 is 0 Å². The Morgan fingerprint density at radius 1 is 0.577 bits per heavy atom. The fourth-order valence-corrected chi connectivity index (χ4v) is 5.63. The van der Waals surface area contributed by atoms with Gasteiger partial charge in [-0.25, -0.2) is 4.79 Å². The Labute approximate surface area is 318 Å². The van der Waals surface area contributed by atoms with E-state index in [2.05, 4.69) is 38.2 Å². The van der Waals surface area contributed by atoms with E-state index in [1.54, 1.807) is 0 Å². The molecule has 9 nitrogen and oxygen atoms in total. The first kappa shape index (κ1) is 49.8. The second-order valence-corrected chi connectivity index (χ2v) is 15.3. The average Bonchev–Trinajstić information content (AvgIpc) is 3.09. The Hall–Kier alpha value is -2.23. The monoisotopic (exact) mass is 739 g/mol. The molecule has 0 aromatic carbocycles. The summed E-state index contributed by atoms with van der Waals surface area (Å²) < 4.78 is 22.6. The number of quaternary nitrogens is 1. The number of rotatable bonds is 38.